The molecule has 0 saturated heterocycles. The number of esters is 1. The quantitative estimate of drug-likeness (QED) is 0.533. The van der Waals surface area contributed by atoms with Crippen LogP contribution in [0, 0.1) is 0 Å². The van der Waals surface area contributed by atoms with Crippen LogP contribution < -0.4 is 5.32 Å². The number of hydrogen-bond donors (Lipinski definition) is 4. The molecular formula is C16H16ClNO8. The van der Waals surface area contributed by atoms with Crippen LogP contribution in [-0.4, -0.2) is 51.3 Å². The number of carboxylic acids is 2. The van der Waals surface area contributed by atoms with Crippen molar-refractivity contribution < 1.29 is 39.2 Å². The normalized spacial score (nSPS) is 17.0. The average molecular weight is 386 g/mol. The second-order valence-electron chi connectivity index (χ2n) is 5.82. The molecule has 2 rings (SSSR count). The number of cyclic esters (lactones) is 1. The largest absolute Gasteiger partial charge is 0.506 e. The number of aromatic hydroxyl groups is 1. The van der Waals surface area contributed by atoms with Gasteiger partial charge in [0, 0.05) is 17.9 Å². The molecule has 26 heavy (non-hydrogen) atoms. The zero-order chi connectivity index (χ0) is 19.6. The maximum atomic E-state index is 12.3. The summed E-state index contributed by atoms with van der Waals surface area (Å²) in [5.41, 5.74) is -0.301. The Hall–Kier alpha value is -2.81. The lowest BCUT2D eigenvalue weighted by molar-refractivity contribution is -0.140. The van der Waals surface area contributed by atoms with Gasteiger partial charge in [0.05, 0.1) is 5.56 Å². The van der Waals surface area contributed by atoms with Gasteiger partial charge in [0.25, 0.3) is 5.91 Å². The van der Waals surface area contributed by atoms with Crippen LogP contribution >= 0.6 is 11.6 Å². The van der Waals surface area contributed by atoms with Gasteiger partial charge in [0.15, 0.2) is 0 Å². The number of phenols is 1. The first kappa shape index (κ1) is 19.5. The van der Waals surface area contributed by atoms with Gasteiger partial charge < -0.3 is 25.4 Å². The Kier molecular flexibility index (Phi) is 5.71. The summed E-state index contributed by atoms with van der Waals surface area (Å²) in [4.78, 5) is 46.1. The number of nitrogens with one attached hydrogen (secondary N) is 1. The number of hydrogen-bond acceptors (Lipinski definition) is 6. The van der Waals surface area contributed by atoms with Gasteiger partial charge in [-0.05, 0) is 25.0 Å². The third-order valence-corrected chi connectivity index (χ3v) is 4.19. The standard InChI is InChI=1S/C16H16ClNO8/c1-6-4-7-9(17)5-8(13(21)12(7)16(25)26-6)14(22)18-10(15(23)24)2-3-11(19)20/h5-6,10,21H,2-4H2,1H3,(H,18,22)(H,19,20)(H,23,24)/t6-,10+/m1/s1. The Balaban J connectivity index is 2.33. The molecule has 4 N–H and O–H groups in total. The first-order chi connectivity index (χ1) is 12.1. The molecule has 2 atom stereocenters. The minimum atomic E-state index is -1.49. The number of carboxylic acid groups (broad SMARTS) is 2. The summed E-state index contributed by atoms with van der Waals surface area (Å²) in [7, 11) is 0. The molecule has 0 spiro atoms. The third kappa shape index (κ3) is 4.05. The number of benzene rings is 1. The van der Waals surface area contributed by atoms with E-state index in [0.717, 1.165) is 6.07 Å². The number of carbonyl (C=O) groups is 4. The fourth-order valence-electron chi connectivity index (χ4n) is 2.60. The van der Waals surface area contributed by atoms with Crippen molar-refractivity contribution in [2.24, 2.45) is 0 Å². The van der Waals surface area contributed by atoms with Gasteiger partial charge in [0.2, 0.25) is 0 Å². The van der Waals surface area contributed by atoms with Gasteiger partial charge in [-0.1, -0.05) is 11.6 Å². The van der Waals surface area contributed by atoms with E-state index in [1.54, 1.807) is 6.92 Å². The Morgan fingerprint density at radius 3 is 2.62 bits per heavy atom. The Bertz CT molecular complexity index is 791. The van der Waals surface area contributed by atoms with Gasteiger partial charge in [-0.15, -0.1) is 0 Å². The molecule has 0 bridgehead atoms. The summed E-state index contributed by atoms with van der Waals surface area (Å²) in [6.07, 6.45) is -1.02. The molecule has 140 valence electrons. The number of aliphatic carboxylic acids is 2. The van der Waals surface area contributed by atoms with E-state index in [1.807, 2.05) is 0 Å². The van der Waals surface area contributed by atoms with Crippen LogP contribution in [0.1, 0.15) is 46.0 Å². The summed E-state index contributed by atoms with van der Waals surface area (Å²) in [6.45, 7) is 1.65. The summed E-state index contributed by atoms with van der Waals surface area (Å²) in [5, 5.41) is 30.2. The number of rotatable bonds is 6. The Labute approximate surface area is 152 Å². The molecule has 10 heteroatoms. The van der Waals surface area contributed by atoms with E-state index in [2.05, 4.69) is 5.32 Å². The summed E-state index contributed by atoms with van der Waals surface area (Å²) in [5.74, 6) is -5.16. The lowest BCUT2D eigenvalue weighted by Crippen LogP contribution is -2.41. The van der Waals surface area contributed by atoms with E-state index in [4.69, 9.17) is 26.6 Å². The zero-order valence-corrected chi connectivity index (χ0v) is 14.4. The van der Waals surface area contributed by atoms with Crippen molar-refractivity contribution in [2.45, 2.75) is 38.3 Å². The van der Waals surface area contributed by atoms with Crippen molar-refractivity contribution in [2.75, 3.05) is 0 Å². The van der Waals surface area contributed by atoms with E-state index in [0.29, 0.717) is 5.56 Å². The summed E-state index contributed by atoms with van der Waals surface area (Å²) >= 11 is 6.10. The number of ether oxygens (including phenoxy) is 1. The molecule has 0 aromatic heterocycles. The summed E-state index contributed by atoms with van der Waals surface area (Å²) in [6, 6.07) is -0.355. The maximum Gasteiger partial charge on any atom is 0.342 e. The van der Waals surface area contributed by atoms with Crippen molar-refractivity contribution in [3.05, 3.63) is 27.8 Å². The van der Waals surface area contributed by atoms with Crippen LogP contribution in [0.5, 0.6) is 5.75 Å². The minimum Gasteiger partial charge on any atom is -0.506 e. The van der Waals surface area contributed by atoms with Crippen LogP contribution in [0.4, 0.5) is 0 Å². The number of carbonyl (C=O) groups excluding carboxylic acids is 2. The highest BCUT2D eigenvalue weighted by Gasteiger charge is 2.33. The van der Waals surface area contributed by atoms with E-state index in [1.165, 1.54) is 0 Å². The SMILES string of the molecule is C[C@@H]1Cc2c(Cl)cc(C(=O)N[C@@H](CCC(=O)O)C(=O)O)c(O)c2C(=O)O1. The second kappa shape index (κ2) is 7.61. The van der Waals surface area contributed by atoms with Crippen molar-refractivity contribution in [1.82, 2.24) is 5.32 Å². The highest BCUT2D eigenvalue weighted by atomic mass is 35.5. The molecule has 0 saturated carbocycles. The van der Waals surface area contributed by atoms with E-state index < -0.39 is 53.7 Å². The molecule has 1 aromatic carbocycles. The van der Waals surface area contributed by atoms with E-state index in [-0.39, 0.29) is 23.4 Å². The molecule has 0 unspecified atom stereocenters. The molecule has 1 heterocycles. The fraction of sp³-hybridized carbons (Fsp3) is 0.375. The van der Waals surface area contributed by atoms with Gasteiger partial charge >= 0.3 is 17.9 Å². The topological polar surface area (TPSA) is 150 Å². The number of phenolic OH excluding ortho intramolecular Hbond substituents is 1. The molecule has 1 aliphatic rings. The molecule has 1 amide bonds. The zero-order valence-electron chi connectivity index (χ0n) is 13.6. The highest BCUT2D eigenvalue weighted by molar-refractivity contribution is 6.32. The van der Waals surface area contributed by atoms with Crippen molar-refractivity contribution >= 4 is 35.4 Å². The van der Waals surface area contributed by atoms with E-state index in [9.17, 15) is 24.3 Å². The lowest BCUT2D eigenvalue weighted by Gasteiger charge is -2.24. The van der Waals surface area contributed by atoms with Crippen molar-refractivity contribution in [3.8, 4) is 5.75 Å². The number of amides is 1. The summed E-state index contributed by atoms with van der Waals surface area (Å²) < 4.78 is 5.02. The highest BCUT2D eigenvalue weighted by Crippen LogP contribution is 2.36. The van der Waals surface area contributed by atoms with Gasteiger partial charge in [-0.2, -0.15) is 0 Å². The van der Waals surface area contributed by atoms with Crippen molar-refractivity contribution in [1.29, 1.82) is 0 Å². The van der Waals surface area contributed by atoms with Crippen LogP contribution in [0.3, 0.4) is 0 Å². The number of fused-ring (bicyclic) bond motifs is 1. The third-order valence-electron chi connectivity index (χ3n) is 3.85. The van der Waals surface area contributed by atoms with Gasteiger partial charge in [0.1, 0.15) is 23.5 Å². The Morgan fingerprint density at radius 2 is 2.04 bits per heavy atom. The molecular weight excluding hydrogens is 370 g/mol. The van der Waals surface area contributed by atoms with Crippen LogP contribution in [0.25, 0.3) is 0 Å². The maximum absolute atomic E-state index is 12.3. The minimum absolute atomic E-state index is 0.0591. The number of halogens is 1. The first-order valence-corrected chi connectivity index (χ1v) is 8.00. The van der Waals surface area contributed by atoms with Gasteiger partial charge in [-0.3, -0.25) is 9.59 Å². The van der Waals surface area contributed by atoms with Crippen LogP contribution in [0.2, 0.25) is 5.02 Å². The second-order valence-corrected chi connectivity index (χ2v) is 6.23. The molecule has 1 aromatic rings. The predicted molar refractivity (Wildman–Crippen MR) is 87.5 cm³/mol. The molecule has 0 radical (unpaired) electrons. The molecule has 9 nitrogen and oxygen atoms in total. The monoisotopic (exact) mass is 385 g/mol. The molecule has 1 aliphatic heterocycles. The Morgan fingerprint density at radius 1 is 1.38 bits per heavy atom. The van der Waals surface area contributed by atoms with Gasteiger partial charge in [-0.25, -0.2) is 9.59 Å². The predicted octanol–water partition coefficient (Wildman–Crippen LogP) is 1.19. The van der Waals surface area contributed by atoms with E-state index >= 15 is 0 Å². The smallest absolute Gasteiger partial charge is 0.342 e. The fourth-order valence-corrected chi connectivity index (χ4v) is 2.88. The molecule has 0 aliphatic carbocycles. The lowest BCUT2D eigenvalue weighted by atomic mass is 9.95. The first-order valence-electron chi connectivity index (χ1n) is 7.62. The molecule has 0 fully saturated rings. The van der Waals surface area contributed by atoms with Crippen LogP contribution in [-0.2, 0) is 20.7 Å². The van der Waals surface area contributed by atoms with Crippen LogP contribution in [0.15, 0.2) is 6.07 Å². The van der Waals surface area contributed by atoms with Crippen molar-refractivity contribution in [3.63, 3.8) is 0 Å². The average Bonchev–Trinajstić information content (AvgIpc) is 2.53.